The molecule has 0 rings (SSSR count). The fourth-order valence-corrected chi connectivity index (χ4v) is 0.683. The van der Waals surface area contributed by atoms with Crippen molar-refractivity contribution < 1.29 is 9.59 Å². The summed E-state index contributed by atoms with van der Waals surface area (Å²) in [5.41, 5.74) is 0. The van der Waals surface area contributed by atoms with Crippen LogP contribution in [0.15, 0.2) is 12.7 Å². The molecule has 0 aromatic rings. The molecule has 0 aromatic carbocycles. The minimum absolute atomic E-state index is 0.0433. The number of nitrogens with zero attached hydrogens (tertiary/aromatic N) is 1. The molecule has 80 valence electrons. The first kappa shape index (κ1) is 12.6. The Morgan fingerprint density at radius 2 is 2.00 bits per heavy atom. The largest absolute Gasteiger partial charge is 0.347 e. The van der Waals surface area contributed by atoms with Gasteiger partial charge in [-0.2, -0.15) is 0 Å². The molecule has 5 heteroatoms. The van der Waals surface area contributed by atoms with Gasteiger partial charge in [-0.05, 0) is 0 Å². The van der Waals surface area contributed by atoms with E-state index < -0.39 is 0 Å². The summed E-state index contributed by atoms with van der Waals surface area (Å²) in [5, 5.41) is 5.33. The van der Waals surface area contributed by atoms with Gasteiger partial charge in [-0.25, -0.2) is 0 Å². The zero-order valence-electron chi connectivity index (χ0n) is 8.67. The van der Waals surface area contributed by atoms with Crippen molar-refractivity contribution in [3.63, 3.8) is 0 Å². The normalized spacial score (nSPS) is 9.29. The van der Waals surface area contributed by atoms with Crippen molar-refractivity contribution in [1.82, 2.24) is 15.5 Å². The highest BCUT2D eigenvalue weighted by molar-refractivity contribution is 5.85. The summed E-state index contributed by atoms with van der Waals surface area (Å²) in [6.07, 6.45) is 1.66. The fourth-order valence-electron chi connectivity index (χ4n) is 0.683. The van der Waals surface area contributed by atoms with Crippen molar-refractivity contribution in [3.8, 4) is 0 Å². The number of hydrogen-bond donors (Lipinski definition) is 2. The minimum Gasteiger partial charge on any atom is -0.347 e. The number of rotatable bonds is 6. The Bertz CT molecular complexity index is 214. The standard InChI is InChI=1S/C9H17N3O2/c1-4-5-10-6-8(13)11-7-9(14)12(2)3/h4,10H,1,5-7H2,2-3H3,(H,11,13). The van der Waals surface area contributed by atoms with Crippen LogP contribution >= 0.6 is 0 Å². The lowest BCUT2D eigenvalue weighted by Crippen LogP contribution is -2.40. The first-order valence-electron chi connectivity index (χ1n) is 4.36. The highest BCUT2D eigenvalue weighted by Crippen LogP contribution is 1.75. The molecule has 0 saturated carbocycles. The first-order valence-corrected chi connectivity index (χ1v) is 4.36. The van der Waals surface area contributed by atoms with E-state index in [1.54, 1.807) is 20.2 Å². The first-order chi connectivity index (χ1) is 6.57. The van der Waals surface area contributed by atoms with Crippen LogP contribution < -0.4 is 10.6 Å². The summed E-state index contributed by atoms with van der Waals surface area (Å²) < 4.78 is 0. The van der Waals surface area contributed by atoms with Crippen LogP contribution in [0.1, 0.15) is 0 Å². The van der Waals surface area contributed by atoms with Gasteiger partial charge >= 0.3 is 0 Å². The number of hydrogen-bond acceptors (Lipinski definition) is 3. The van der Waals surface area contributed by atoms with Crippen molar-refractivity contribution >= 4 is 11.8 Å². The molecule has 0 atom stereocenters. The van der Waals surface area contributed by atoms with Crippen LogP contribution in [0.3, 0.4) is 0 Å². The molecule has 2 N–H and O–H groups in total. The highest BCUT2D eigenvalue weighted by atomic mass is 16.2. The molecule has 0 aliphatic rings. The molecular weight excluding hydrogens is 182 g/mol. The Kier molecular flexibility index (Phi) is 6.39. The van der Waals surface area contributed by atoms with Crippen LogP contribution in [0.4, 0.5) is 0 Å². The van der Waals surface area contributed by atoms with Gasteiger partial charge in [0, 0.05) is 20.6 Å². The Labute approximate surface area is 84.2 Å². The number of likely N-dealkylation sites (N-methyl/N-ethyl adjacent to an activating group) is 1. The van der Waals surface area contributed by atoms with E-state index in [0.717, 1.165) is 0 Å². The zero-order chi connectivity index (χ0) is 11.0. The quantitative estimate of drug-likeness (QED) is 0.424. The van der Waals surface area contributed by atoms with Gasteiger partial charge in [0.1, 0.15) is 0 Å². The van der Waals surface area contributed by atoms with Gasteiger partial charge in [0.05, 0.1) is 13.1 Å². The van der Waals surface area contributed by atoms with Crippen LogP contribution in [0.25, 0.3) is 0 Å². The van der Waals surface area contributed by atoms with Crippen molar-refractivity contribution in [3.05, 3.63) is 12.7 Å². The monoisotopic (exact) mass is 199 g/mol. The minimum atomic E-state index is -0.193. The average molecular weight is 199 g/mol. The van der Waals surface area contributed by atoms with Crippen molar-refractivity contribution in [2.75, 3.05) is 33.7 Å². The van der Waals surface area contributed by atoms with Gasteiger partial charge in [-0.15, -0.1) is 6.58 Å². The summed E-state index contributed by atoms with van der Waals surface area (Å²) >= 11 is 0. The van der Waals surface area contributed by atoms with Gasteiger partial charge in [0.25, 0.3) is 0 Å². The van der Waals surface area contributed by atoms with Gasteiger partial charge in [0.15, 0.2) is 0 Å². The third-order valence-electron chi connectivity index (χ3n) is 1.51. The topological polar surface area (TPSA) is 61.4 Å². The van der Waals surface area contributed by atoms with Gasteiger partial charge < -0.3 is 15.5 Å². The molecule has 0 heterocycles. The van der Waals surface area contributed by atoms with Crippen LogP contribution in [0.2, 0.25) is 0 Å². The summed E-state index contributed by atoms with van der Waals surface area (Å²) in [7, 11) is 3.29. The van der Waals surface area contributed by atoms with Crippen LogP contribution in [-0.4, -0.2) is 50.4 Å². The number of nitrogens with one attached hydrogen (secondary N) is 2. The van der Waals surface area contributed by atoms with Gasteiger partial charge in [-0.1, -0.05) is 6.08 Å². The van der Waals surface area contributed by atoms with Crippen LogP contribution in [-0.2, 0) is 9.59 Å². The lowest BCUT2D eigenvalue weighted by molar-refractivity contribution is -0.130. The SMILES string of the molecule is C=CCNCC(=O)NCC(=O)N(C)C. The van der Waals surface area contributed by atoms with E-state index in [-0.39, 0.29) is 24.9 Å². The maximum atomic E-state index is 11.1. The summed E-state index contributed by atoms with van der Waals surface area (Å²) in [5.74, 6) is -0.316. The second-order valence-corrected chi connectivity index (χ2v) is 2.98. The van der Waals surface area contributed by atoms with Crippen molar-refractivity contribution in [2.24, 2.45) is 0 Å². The number of carbonyl (C=O) groups excluding carboxylic acids is 2. The summed E-state index contributed by atoms with van der Waals surface area (Å²) in [6.45, 7) is 4.32. The van der Waals surface area contributed by atoms with Crippen LogP contribution in [0.5, 0.6) is 0 Å². The molecule has 0 aromatic heterocycles. The van der Waals surface area contributed by atoms with Crippen molar-refractivity contribution in [1.29, 1.82) is 0 Å². The fraction of sp³-hybridized carbons (Fsp3) is 0.556. The molecule has 5 nitrogen and oxygen atoms in total. The third kappa shape index (κ3) is 6.19. The molecule has 0 aliphatic heterocycles. The Hall–Kier alpha value is -1.36. The van der Waals surface area contributed by atoms with Crippen LogP contribution in [0, 0.1) is 0 Å². The second kappa shape index (κ2) is 7.08. The Morgan fingerprint density at radius 1 is 1.36 bits per heavy atom. The molecule has 0 aliphatic carbocycles. The second-order valence-electron chi connectivity index (χ2n) is 2.98. The molecule has 0 unspecified atom stereocenters. The summed E-state index contributed by atoms with van der Waals surface area (Å²) in [4.78, 5) is 23.5. The van der Waals surface area contributed by atoms with E-state index in [9.17, 15) is 9.59 Å². The maximum Gasteiger partial charge on any atom is 0.241 e. The van der Waals surface area contributed by atoms with Gasteiger partial charge in [-0.3, -0.25) is 9.59 Å². The molecule has 0 saturated heterocycles. The predicted octanol–water partition coefficient (Wildman–Crippen LogP) is -1.03. The molecule has 0 radical (unpaired) electrons. The third-order valence-corrected chi connectivity index (χ3v) is 1.51. The highest BCUT2D eigenvalue weighted by Gasteiger charge is 2.05. The molecular formula is C9H17N3O2. The number of amides is 2. The van der Waals surface area contributed by atoms with E-state index in [0.29, 0.717) is 6.54 Å². The van der Waals surface area contributed by atoms with E-state index in [1.165, 1.54) is 4.90 Å². The molecule has 14 heavy (non-hydrogen) atoms. The van der Waals surface area contributed by atoms with E-state index >= 15 is 0 Å². The summed E-state index contributed by atoms with van der Waals surface area (Å²) in [6, 6.07) is 0. The lowest BCUT2D eigenvalue weighted by Gasteiger charge is -2.10. The Balaban J connectivity index is 3.53. The zero-order valence-corrected chi connectivity index (χ0v) is 8.67. The molecule has 0 bridgehead atoms. The van der Waals surface area contributed by atoms with E-state index in [1.807, 2.05) is 0 Å². The van der Waals surface area contributed by atoms with Gasteiger partial charge in [0.2, 0.25) is 11.8 Å². The molecule has 0 fully saturated rings. The van der Waals surface area contributed by atoms with E-state index in [2.05, 4.69) is 17.2 Å². The smallest absolute Gasteiger partial charge is 0.241 e. The predicted molar refractivity (Wildman–Crippen MR) is 54.8 cm³/mol. The average Bonchev–Trinajstić information content (AvgIpc) is 2.14. The van der Waals surface area contributed by atoms with E-state index in [4.69, 9.17) is 0 Å². The number of carbonyl (C=O) groups is 2. The lowest BCUT2D eigenvalue weighted by atomic mass is 10.5. The molecule has 0 spiro atoms. The van der Waals surface area contributed by atoms with Crippen molar-refractivity contribution in [2.45, 2.75) is 0 Å². The molecule has 2 amide bonds. The Morgan fingerprint density at radius 3 is 2.50 bits per heavy atom. The maximum absolute atomic E-state index is 11.1.